The second-order valence-electron chi connectivity index (χ2n) is 11.1. The van der Waals surface area contributed by atoms with Crippen molar-refractivity contribution in [3.05, 3.63) is 53.1 Å². The SMILES string of the molecule is CC(C(=O)Nc1cc(-n2cnc3cc(N4CCN(C=O)CC4)ccc3c2=O)ccc1OC(F)(F)F)N1CC2CCC(C1)O2. The molecule has 43 heavy (non-hydrogen) atoms. The van der Waals surface area contributed by atoms with E-state index >= 15 is 0 Å². The number of morpholine rings is 1. The lowest BCUT2D eigenvalue weighted by Crippen LogP contribution is -2.51. The highest BCUT2D eigenvalue weighted by Gasteiger charge is 2.38. The minimum absolute atomic E-state index is 0.0393. The van der Waals surface area contributed by atoms with Gasteiger partial charge in [0.2, 0.25) is 12.3 Å². The van der Waals surface area contributed by atoms with Gasteiger partial charge in [-0.3, -0.25) is 23.9 Å². The van der Waals surface area contributed by atoms with Gasteiger partial charge in [0, 0.05) is 45.0 Å². The first-order chi connectivity index (χ1) is 20.6. The van der Waals surface area contributed by atoms with Crippen LogP contribution < -0.4 is 20.5 Å². The van der Waals surface area contributed by atoms with Crippen molar-refractivity contribution in [3.63, 3.8) is 0 Å². The van der Waals surface area contributed by atoms with Crippen LogP contribution in [0.2, 0.25) is 0 Å². The topological polar surface area (TPSA) is 109 Å². The Balaban J connectivity index is 1.27. The molecule has 6 rings (SSSR count). The van der Waals surface area contributed by atoms with Crippen molar-refractivity contribution in [2.24, 2.45) is 0 Å². The van der Waals surface area contributed by atoms with E-state index in [4.69, 9.17) is 4.74 Å². The number of nitrogens with zero attached hydrogens (tertiary/aromatic N) is 5. The molecule has 0 aliphatic carbocycles. The van der Waals surface area contributed by atoms with E-state index < -0.39 is 29.6 Å². The third-order valence-electron chi connectivity index (χ3n) is 8.30. The third kappa shape index (κ3) is 6.15. The molecular formula is C29H31F3N6O5. The highest BCUT2D eigenvalue weighted by molar-refractivity contribution is 5.96. The number of carbonyl (C=O) groups excluding carboxylic acids is 2. The maximum atomic E-state index is 13.5. The first-order valence-corrected chi connectivity index (χ1v) is 14.1. The summed E-state index contributed by atoms with van der Waals surface area (Å²) in [4.78, 5) is 47.9. The number of ether oxygens (including phenoxy) is 2. The molecule has 11 nitrogen and oxygen atoms in total. The van der Waals surface area contributed by atoms with Gasteiger partial charge < -0.3 is 24.6 Å². The molecule has 3 fully saturated rings. The Hall–Kier alpha value is -4.17. The van der Waals surface area contributed by atoms with Crippen molar-refractivity contribution in [2.45, 2.75) is 44.4 Å². The molecule has 3 aliphatic rings. The number of benzene rings is 2. The summed E-state index contributed by atoms with van der Waals surface area (Å²) < 4.78 is 50.9. The van der Waals surface area contributed by atoms with Crippen LogP contribution in [-0.4, -0.2) is 95.5 Å². The van der Waals surface area contributed by atoms with Gasteiger partial charge in [0.15, 0.2) is 5.75 Å². The fourth-order valence-electron chi connectivity index (χ4n) is 5.92. The average molecular weight is 601 g/mol. The van der Waals surface area contributed by atoms with Crippen LogP contribution in [0.3, 0.4) is 0 Å². The zero-order valence-electron chi connectivity index (χ0n) is 23.4. The summed E-state index contributed by atoms with van der Waals surface area (Å²) in [5, 5.41) is 2.90. The van der Waals surface area contributed by atoms with Crippen LogP contribution >= 0.6 is 0 Å². The molecule has 1 aromatic heterocycles. The van der Waals surface area contributed by atoms with Crippen LogP contribution in [-0.2, 0) is 14.3 Å². The number of fused-ring (bicyclic) bond motifs is 3. The van der Waals surface area contributed by atoms with Gasteiger partial charge in [0.1, 0.15) is 6.33 Å². The Morgan fingerprint density at radius 2 is 1.77 bits per heavy atom. The van der Waals surface area contributed by atoms with Crippen LogP contribution in [0, 0.1) is 0 Å². The summed E-state index contributed by atoms with van der Waals surface area (Å²) in [7, 11) is 0. The quantitative estimate of drug-likeness (QED) is 0.413. The number of rotatable bonds is 7. The molecule has 3 aromatic rings. The highest BCUT2D eigenvalue weighted by Crippen LogP contribution is 2.33. The maximum Gasteiger partial charge on any atom is 0.573 e. The van der Waals surface area contributed by atoms with Gasteiger partial charge in [-0.2, -0.15) is 0 Å². The summed E-state index contributed by atoms with van der Waals surface area (Å²) in [6.45, 7) is 5.30. The predicted molar refractivity (Wildman–Crippen MR) is 151 cm³/mol. The minimum atomic E-state index is -4.99. The molecule has 2 bridgehead atoms. The molecule has 0 saturated carbocycles. The van der Waals surface area contributed by atoms with Crippen LogP contribution in [0.4, 0.5) is 24.5 Å². The van der Waals surface area contributed by atoms with E-state index in [1.54, 1.807) is 30.0 Å². The van der Waals surface area contributed by atoms with Crippen LogP contribution in [0.1, 0.15) is 19.8 Å². The van der Waals surface area contributed by atoms with Crippen molar-refractivity contribution in [1.82, 2.24) is 19.4 Å². The Labute approximate surface area is 244 Å². The number of hydrogen-bond donors (Lipinski definition) is 1. The summed E-state index contributed by atoms with van der Waals surface area (Å²) in [6.07, 6.45) is -0.959. The Morgan fingerprint density at radius 1 is 1.07 bits per heavy atom. The molecule has 3 saturated heterocycles. The standard InChI is InChI=1S/C29H31F3N6O5/c1-18(37-14-21-4-5-22(15-37)42-21)27(40)34-25-13-20(3-7-26(25)43-29(30,31)32)38-16-33-24-12-19(2-6-23(24)28(38)41)36-10-8-35(17-39)9-11-36/h2-3,6-7,12-13,16-18,21-22H,4-5,8-11,14-15H2,1H3,(H,34,40). The van der Waals surface area contributed by atoms with Gasteiger partial charge in [-0.25, -0.2) is 4.98 Å². The van der Waals surface area contributed by atoms with Gasteiger partial charge >= 0.3 is 6.36 Å². The molecule has 2 amide bonds. The minimum Gasteiger partial charge on any atom is -0.404 e. The average Bonchev–Trinajstić information content (AvgIpc) is 3.33. The summed E-state index contributed by atoms with van der Waals surface area (Å²) in [5.74, 6) is -1.10. The van der Waals surface area contributed by atoms with Gasteiger partial charge in [-0.05, 0) is 56.2 Å². The van der Waals surface area contributed by atoms with Crippen LogP contribution in [0.25, 0.3) is 16.6 Å². The van der Waals surface area contributed by atoms with Gasteiger partial charge in [0.25, 0.3) is 5.56 Å². The molecule has 14 heteroatoms. The van der Waals surface area contributed by atoms with Crippen LogP contribution in [0.5, 0.6) is 5.75 Å². The normalized spacial score (nSPS) is 21.6. The number of aromatic nitrogens is 2. The van der Waals surface area contributed by atoms with E-state index in [-0.39, 0.29) is 23.6 Å². The molecule has 3 atom stereocenters. The molecule has 3 aliphatic heterocycles. The van der Waals surface area contributed by atoms with Gasteiger partial charge in [-0.1, -0.05) is 0 Å². The predicted octanol–water partition coefficient (Wildman–Crippen LogP) is 2.75. The smallest absolute Gasteiger partial charge is 0.404 e. The van der Waals surface area contributed by atoms with Crippen molar-refractivity contribution < 1.29 is 32.2 Å². The first-order valence-electron chi connectivity index (χ1n) is 14.1. The van der Waals surface area contributed by atoms with Crippen molar-refractivity contribution in [3.8, 4) is 11.4 Å². The number of piperazine rings is 1. The second-order valence-corrected chi connectivity index (χ2v) is 11.1. The summed E-state index contributed by atoms with van der Waals surface area (Å²) in [6, 6.07) is 8.26. The molecule has 4 heterocycles. The van der Waals surface area contributed by atoms with E-state index in [0.717, 1.165) is 31.0 Å². The lowest BCUT2D eigenvalue weighted by molar-refractivity contribution is -0.274. The lowest BCUT2D eigenvalue weighted by Gasteiger charge is -2.35. The first kappa shape index (κ1) is 28.9. The summed E-state index contributed by atoms with van der Waals surface area (Å²) in [5.41, 5.74) is 0.871. The Bertz CT molecular complexity index is 1580. The van der Waals surface area contributed by atoms with Crippen molar-refractivity contribution >= 4 is 34.6 Å². The molecule has 1 N–H and O–H groups in total. The van der Waals surface area contributed by atoms with Crippen molar-refractivity contribution in [2.75, 3.05) is 49.5 Å². The van der Waals surface area contributed by atoms with Crippen molar-refractivity contribution in [1.29, 1.82) is 0 Å². The molecule has 228 valence electrons. The molecule has 0 spiro atoms. The van der Waals surface area contributed by atoms with Gasteiger partial charge in [-0.15, -0.1) is 13.2 Å². The monoisotopic (exact) mass is 600 g/mol. The number of nitrogens with one attached hydrogen (secondary N) is 1. The zero-order valence-corrected chi connectivity index (χ0v) is 23.4. The van der Waals surface area contributed by atoms with E-state index in [9.17, 15) is 27.6 Å². The molecule has 3 unspecified atom stereocenters. The lowest BCUT2D eigenvalue weighted by atomic mass is 10.1. The number of likely N-dealkylation sites (tertiary alicyclic amines) is 1. The molecular weight excluding hydrogens is 569 g/mol. The third-order valence-corrected chi connectivity index (χ3v) is 8.30. The van der Waals surface area contributed by atoms with E-state index in [2.05, 4.69) is 19.9 Å². The van der Waals surface area contributed by atoms with Crippen LogP contribution in [0.15, 0.2) is 47.5 Å². The second kappa shape index (κ2) is 11.5. The largest absolute Gasteiger partial charge is 0.573 e. The maximum absolute atomic E-state index is 13.5. The number of halogens is 3. The fraction of sp³-hybridized carbons (Fsp3) is 0.448. The van der Waals surface area contributed by atoms with E-state index in [1.807, 2.05) is 4.90 Å². The Morgan fingerprint density at radius 3 is 2.44 bits per heavy atom. The number of amides is 2. The number of alkyl halides is 3. The number of carbonyl (C=O) groups is 2. The van der Waals surface area contributed by atoms with E-state index in [0.29, 0.717) is 50.2 Å². The highest BCUT2D eigenvalue weighted by atomic mass is 19.4. The number of anilines is 2. The number of hydrogen-bond acceptors (Lipinski definition) is 8. The Kier molecular flexibility index (Phi) is 7.73. The van der Waals surface area contributed by atoms with Gasteiger partial charge in [0.05, 0.1) is 40.5 Å². The molecule has 2 aromatic carbocycles. The summed E-state index contributed by atoms with van der Waals surface area (Å²) >= 11 is 0. The zero-order chi connectivity index (χ0) is 30.3. The fourth-order valence-corrected chi connectivity index (χ4v) is 5.92. The molecule has 0 radical (unpaired) electrons. The van der Waals surface area contributed by atoms with E-state index in [1.165, 1.54) is 23.0 Å².